The Morgan fingerprint density at radius 3 is 2.48 bits per heavy atom. The minimum Gasteiger partial charge on any atom is -0.396 e. The van der Waals surface area contributed by atoms with E-state index in [1.54, 1.807) is 11.8 Å². The summed E-state index contributed by atoms with van der Waals surface area (Å²) in [4.78, 5) is 14.0. The van der Waals surface area contributed by atoms with Crippen LogP contribution < -0.4 is 0 Å². The van der Waals surface area contributed by atoms with E-state index >= 15 is 0 Å². The molecular weight excluding hydrogens is 331 g/mol. The van der Waals surface area contributed by atoms with E-state index in [0.717, 1.165) is 18.4 Å². The number of likely N-dealkylation sites (tertiary alicyclic amines) is 1. The molecule has 0 radical (unpaired) electrons. The highest BCUT2D eigenvalue weighted by Crippen LogP contribution is 2.56. The minimum atomic E-state index is -4.32. The first-order chi connectivity index (χ1) is 11.7. The van der Waals surface area contributed by atoms with Crippen LogP contribution in [0.25, 0.3) is 0 Å². The molecule has 0 bridgehead atoms. The zero-order valence-electron chi connectivity index (χ0n) is 14.6. The summed E-state index contributed by atoms with van der Waals surface area (Å²) in [5.74, 6) is -0.202. The van der Waals surface area contributed by atoms with Crippen molar-refractivity contribution in [3.8, 4) is 0 Å². The van der Waals surface area contributed by atoms with Gasteiger partial charge in [0.1, 0.15) is 0 Å². The quantitative estimate of drug-likeness (QED) is 0.894. The Labute approximate surface area is 145 Å². The normalized spacial score (nSPS) is 21.0. The summed E-state index contributed by atoms with van der Waals surface area (Å²) in [6, 6.07) is 4.29. The summed E-state index contributed by atoms with van der Waals surface area (Å²) >= 11 is 0. The van der Waals surface area contributed by atoms with Gasteiger partial charge in [0.2, 0.25) is 5.91 Å². The Kier molecular flexibility index (Phi) is 4.60. The molecule has 2 fully saturated rings. The predicted molar refractivity (Wildman–Crippen MR) is 88.0 cm³/mol. The maximum atomic E-state index is 13.0. The summed E-state index contributed by atoms with van der Waals surface area (Å²) < 4.78 is 38.9. The number of aliphatic hydroxyl groups is 1. The summed E-state index contributed by atoms with van der Waals surface area (Å²) in [6.45, 7) is 4.76. The highest BCUT2D eigenvalue weighted by atomic mass is 19.4. The zero-order valence-corrected chi connectivity index (χ0v) is 14.6. The lowest BCUT2D eigenvalue weighted by Crippen LogP contribution is -2.64. The van der Waals surface area contributed by atoms with Gasteiger partial charge >= 0.3 is 6.18 Å². The molecule has 1 aromatic carbocycles. The number of carbonyl (C=O) groups is 1. The van der Waals surface area contributed by atoms with Gasteiger partial charge in [-0.05, 0) is 49.8 Å². The number of halogens is 3. The first-order valence-electron chi connectivity index (χ1n) is 8.76. The Bertz CT molecular complexity index is 653. The Morgan fingerprint density at radius 2 is 1.96 bits per heavy atom. The van der Waals surface area contributed by atoms with Crippen LogP contribution in [0.3, 0.4) is 0 Å². The summed E-state index contributed by atoms with van der Waals surface area (Å²) in [5.41, 5.74) is 0.869. The van der Waals surface area contributed by atoms with Crippen LogP contribution in [0.2, 0.25) is 0 Å². The molecule has 1 N–H and O–H groups in total. The van der Waals surface area contributed by atoms with Crippen LogP contribution in [-0.4, -0.2) is 35.6 Å². The van der Waals surface area contributed by atoms with E-state index in [4.69, 9.17) is 0 Å². The third-order valence-electron chi connectivity index (χ3n) is 5.68. The zero-order chi connectivity index (χ0) is 18.4. The average Bonchev–Trinajstić information content (AvgIpc) is 2.44. The number of rotatable bonds is 4. The predicted octanol–water partition coefficient (Wildman–Crippen LogP) is 3.74. The maximum absolute atomic E-state index is 13.0. The molecule has 1 heterocycles. The van der Waals surface area contributed by atoms with E-state index in [1.807, 2.05) is 13.0 Å². The highest BCUT2D eigenvalue weighted by Gasteiger charge is 2.54. The van der Waals surface area contributed by atoms with E-state index in [9.17, 15) is 23.1 Å². The van der Waals surface area contributed by atoms with Crippen molar-refractivity contribution >= 4 is 5.91 Å². The van der Waals surface area contributed by atoms with Gasteiger partial charge < -0.3 is 10.0 Å². The number of aryl methyl sites for hydroxylation is 1. The van der Waals surface area contributed by atoms with Crippen molar-refractivity contribution in [1.29, 1.82) is 0 Å². The lowest BCUT2D eigenvalue weighted by Gasteiger charge is -2.59. The molecule has 1 aromatic rings. The molecule has 1 atom stereocenters. The highest BCUT2D eigenvalue weighted by molar-refractivity contribution is 5.80. The first kappa shape index (κ1) is 18.2. The molecule has 6 heteroatoms. The summed E-state index contributed by atoms with van der Waals surface area (Å²) in [7, 11) is 0. The van der Waals surface area contributed by atoms with Gasteiger partial charge in [0.15, 0.2) is 0 Å². The van der Waals surface area contributed by atoms with Gasteiger partial charge in [0.05, 0.1) is 18.1 Å². The number of carbonyl (C=O) groups excluding carboxylic acids is 1. The monoisotopic (exact) mass is 355 g/mol. The fourth-order valence-electron chi connectivity index (χ4n) is 4.25. The molecule has 3 rings (SSSR count). The van der Waals surface area contributed by atoms with Crippen molar-refractivity contribution in [2.24, 2.45) is 11.3 Å². The topological polar surface area (TPSA) is 40.5 Å². The summed E-state index contributed by atoms with van der Waals surface area (Å²) in [6.07, 6.45) is -2.05. The molecule has 0 aromatic heterocycles. The van der Waals surface area contributed by atoms with Crippen molar-refractivity contribution in [3.05, 3.63) is 34.9 Å². The molecular formula is C19H24F3NO2. The van der Waals surface area contributed by atoms with Crippen LogP contribution in [-0.2, 0) is 11.0 Å². The second-order valence-electron chi connectivity index (χ2n) is 7.72. The molecule has 1 saturated heterocycles. The molecule has 25 heavy (non-hydrogen) atoms. The van der Waals surface area contributed by atoms with E-state index in [0.29, 0.717) is 25.1 Å². The van der Waals surface area contributed by atoms with Crippen molar-refractivity contribution < 1.29 is 23.1 Å². The number of benzene rings is 1. The Morgan fingerprint density at radius 1 is 1.32 bits per heavy atom. The lowest BCUT2D eigenvalue weighted by molar-refractivity contribution is -0.157. The third-order valence-corrected chi connectivity index (χ3v) is 5.68. The standard InChI is InChI=1S/C19H24F3NO2/c1-3-13(9-24)17(25)23-10-18(11-23)7-15(8-18)14-4-12(2)5-16(6-14)19(20,21)22/h4-6,13,15,24H,3,7-11H2,1-2H3/t13-/m1/s1. The van der Waals surface area contributed by atoms with E-state index in [2.05, 4.69) is 0 Å². The summed E-state index contributed by atoms with van der Waals surface area (Å²) in [5, 5.41) is 9.24. The fraction of sp³-hybridized carbons (Fsp3) is 0.632. The second-order valence-corrected chi connectivity index (χ2v) is 7.72. The van der Waals surface area contributed by atoms with Crippen molar-refractivity contribution in [2.45, 2.75) is 45.2 Å². The van der Waals surface area contributed by atoms with Crippen molar-refractivity contribution in [3.63, 3.8) is 0 Å². The molecule has 1 amide bonds. The average molecular weight is 355 g/mol. The van der Waals surface area contributed by atoms with Crippen molar-refractivity contribution in [1.82, 2.24) is 4.90 Å². The van der Waals surface area contributed by atoms with Gasteiger partial charge in [-0.15, -0.1) is 0 Å². The second kappa shape index (κ2) is 6.31. The SMILES string of the molecule is CC[C@H](CO)C(=O)N1CC2(CC(c3cc(C)cc(C(F)(F)F)c3)C2)C1. The fourth-order valence-corrected chi connectivity index (χ4v) is 4.25. The van der Waals surface area contributed by atoms with E-state index in [-0.39, 0.29) is 29.8 Å². The van der Waals surface area contributed by atoms with E-state index < -0.39 is 11.7 Å². The van der Waals surface area contributed by atoms with Gasteiger partial charge in [-0.2, -0.15) is 13.2 Å². The van der Waals surface area contributed by atoms with Crippen LogP contribution in [0, 0.1) is 18.3 Å². The molecule has 0 unspecified atom stereocenters. The molecule has 1 saturated carbocycles. The Hall–Kier alpha value is -1.56. The third kappa shape index (κ3) is 3.41. The molecule has 1 aliphatic heterocycles. The number of nitrogens with zero attached hydrogens (tertiary/aromatic N) is 1. The van der Waals surface area contributed by atoms with Gasteiger partial charge in [0.25, 0.3) is 0 Å². The molecule has 2 aliphatic rings. The van der Waals surface area contributed by atoms with Crippen LogP contribution >= 0.6 is 0 Å². The molecule has 1 aliphatic carbocycles. The number of alkyl halides is 3. The van der Waals surface area contributed by atoms with Gasteiger partial charge in [0, 0.05) is 18.5 Å². The molecule has 138 valence electrons. The number of aliphatic hydroxyl groups excluding tert-OH is 1. The van der Waals surface area contributed by atoms with Crippen molar-refractivity contribution in [2.75, 3.05) is 19.7 Å². The smallest absolute Gasteiger partial charge is 0.396 e. The minimum absolute atomic E-state index is 0.00557. The van der Waals surface area contributed by atoms with Crippen LogP contribution in [0.5, 0.6) is 0 Å². The van der Waals surface area contributed by atoms with Gasteiger partial charge in [-0.1, -0.05) is 18.6 Å². The number of hydrogen-bond acceptors (Lipinski definition) is 2. The number of amides is 1. The molecule has 1 spiro atoms. The van der Waals surface area contributed by atoms with E-state index in [1.165, 1.54) is 12.1 Å². The van der Waals surface area contributed by atoms with Crippen LogP contribution in [0.1, 0.15) is 48.8 Å². The van der Waals surface area contributed by atoms with Gasteiger partial charge in [-0.3, -0.25) is 4.79 Å². The number of hydrogen-bond donors (Lipinski definition) is 1. The molecule has 3 nitrogen and oxygen atoms in total. The first-order valence-corrected chi connectivity index (χ1v) is 8.76. The lowest BCUT2D eigenvalue weighted by atomic mass is 9.56. The van der Waals surface area contributed by atoms with Gasteiger partial charge in [-0.25, -0.2) is 0 Å². The maximum Gasteiger partial charge on any atom is 0.416 e. The van der Waals surface area contributed by atoms with Crippen LogP contribution in [0.4, 0.5) is 13.2 Å². The largest absolute Gasteiger partial charge is 0.416 e. The van der Waals surface area contributed by atoms with Crippen LogP contribution in [0.15, 0.2) is 18.2 Å². The Balaban J connectivity index is 1.61.